The summed E-state index contributed by atoms with van der Waals surface area (Å²) in [7, 11) is 1.85. The van der Waals surface area contributed by atoms with Crippen LogP contribution in [0.4, 0.5) is 0 Å². The van der Waals surface area contributed by atoms with E-state index in [-0.39, 0.29) is 11.8 Å². The van der Waals surface area contributed by atoms with Crippen LogP contribution in [0.3, 0.4) is 0 Å². The van der Waals surface area contributed by atoms with Crippen molar-refractivity contribution in [3.05, 3.63) is 47.6 Å². The molecule has 0 N–H and O–H groups in total. The highest BCUT2D eigenvalue weighted by atomic mass is 16.5. The summed E-state index contributed by atoms with van der Waals surface area (Å²) in [6.07, 6.45) is 3.88. The highest BCUT2D eigenvalue weighted by molar-refractivity contribution is 5.80. The molecular formula is C20H26N4O2. The summed E-state index contributed by atoms with van der Waals surface area (Å²) in [4.78, 5) is 21.8. The number of amides is 1. The summed E-state index contributed by atoms with van der Waals surface area (Å²) in [6, 6.07) is 11.3. The Labute approximate surface area is 154 Å². The Kier molecular flexibility index (Phi) is 4.76. The van der Waals surface area contributed by atoms with Crippen molar-refractivity contribution >= 4 is 5.91 Å². The van der Waals surface area contributed by atoms with Gasteiger partial charge in [-0.1, -0.05) is 42.4 Å². The number of nitrogens with zero attached hydrogens (tertiary/aromatic N) is 4. The molecule has 2 fully saturated rings. The van der Waals surface area contributed by atoms with E-state index < -0.39 is 0 Å². The van der Waals surface area contributed by atoms with Gasteiger partial charge in [0.2, 0.25) is 11.8 Å². The normalized spacial score (nSPS) is 25.4. The number of hydrogen-bond donors (Lipinski definition) is 0. The molecule has 138 valence electrons. The predicted octanol–water partition coefficient (Wildman–Crippen LogP) is 2.82. The highest BCUT2D eigenvalue weighted by Gasteiger charge is 2.47. The molecular weight excluding hydrogens is 328 g/mol. The second-order valence-electron chi connectivity index (χ2n) is 7.37. The summed E-state index contributed by atoms with van der Waals surface area (Å²) >= 11 is 0. The van der Waals surface area contributed by atoms with E-state index in [1.165, 1.54) is 12.0 Å². The average molecular weight is 354 g/mol. The molecule has 0 saturated carbocycles. The van der Waals surface area contributed by atoms with Gasteiger partial charge in [0.15, 0.2) is 5.82 Å². The van der Waals surface area contributed by atoms with E-state index in [2.05, 4.69) is 39.3 Å². The smallest absolute Gasteiger partial charge is 0.227 e. The monoisotopic (exact) mass is 354 g/mol. The number of fused-ring (bicyclic) bond motifs is 1. The number of hydrogen-bond acceptors (Lipinski definition) is 5. The van der Waals surface area contributed by atoms with Crippen LogP contribution < -0.4 is 0 Å². The molecule has 2 aliphatic rings. The Morgan fingerprint density at radius 2 is 2.15 bits per heavy atom. The molecule has 0 radical (unpaired) electrons. The fourth-order valence-corrected chi connectivity index (χ4v) is 4.51. The van der Waals surface area contributed by atoms with E-state index in [0.29, 0.717) is 36.8 Å². The lowest BCUT2D eigenvalue weighted by molar-refractivity contribution is -0.135. The van der Waals surface area contributed by atoms with Crippen LogP contribution in [0.2, 0.25) is 0 Å². The van der Waals surface area contributed by atoms with Crippen molar-refractivity contribution in [3.63, 3.8) is 0 Å². The van der Waals surface area contributed by atoms with Gasteiger partial charge in [0.25, 0.3) is 0 Å². The number of aromatic nitrogens is 2. The Balaban J connectivity index is 1.48. The first-order valence-corrected chi connectivity index (χ1v) is 9.54. The van der Waals surface area contributed by atoms with Crippen LogP contribution in [-0.2, 0) is 17.8 Å². The average Bonchev–Trinajstić information content (AvgIpc) is 3.38. The lowest BCUT2D eigenvalue weighted by atomic mass is 9.93. The van der Waals surface area contributed by atoms with Gasteiger partial charge in [-0.05, 0) is 31.4 Å². The van der Waals surface area contributed by atoms with Gasteiger partial charge >= 0.3 is 0 Å². The standard InChI is InChI=1S/C20H26N4O2/c1-3-19-21-18(22-26-19)13-23(2)20(25)15-12-17(14-8-5-4-6-9-14)24-11-7-10-16(15)24/h4-6,8-9,15-17H,3,7,10-13H2,1-2H3/t15?,16-,17?/m0/s1. The fraction of sp³-hybridized carbons (Fsp3) is 0.550. The molecule has 0 bridgehead atoms. The van der Waals surface area contributed by atoms with Crippen molar-refractivity contribution < 1.29 is 9.32 Å². The molecule has 0 spiro atoms. The zero-order valence-corrected chi connectivity index (χ0v) is 15.5. The summed E-state index contributed by atoms with van der Waals surface area (Å²) < 4.78 is 5.16. The van der Waals surface area contributed by atoms with E-state index in [0.717, 1.165) is 19.4 Å². The third-order valence-electron chi connectivity index (χ3n) is 5.75. The van der Waals surface area contributed by atoms with Gasteiger partial charge in [-0.3, -0.25) is 9.69 Å². The minimum Gasteiger partial charge on any atom is -0.339 e. The Morgan fingerprint density at radius 1 is 1.35 bits per heavy atom. The quantitative estimate of drug-likeness (QED) is 0.826. The summed E-state index contributed by atoms with van der Waals surface area (Å²) in [5.74, 6) is 1.44. The predicted molar refractivity (Wildman–Crippen MR) is 97.2 cm³/mol. The zero-order valence-electron chi connectivity index (χ0n) is 15.5. The van der Waals surface area contributed by atoms with Gasteiger partial charge in [-0.25, -0.2) is 0 Å². The van der Waals surface area contributed by atoms with Crippen molar-refractivity contribution in [2.45, 2.75) is 51.2 Å². The molecule has 3 heterocycles. The minimum absolute atomic E-state index is 0.0465. The molecule has 6 heteroatoms. The van der Waals surface area contributed by atoms with Crippen LogP contribution in [0.5, 0.6) is 0 Å². The maximum absolute atomic E-state index is 13.2. The molecule has 1 aromatic heterocycles. The number of carbonyl (C=O) groups excluding carboxylic acids is 1. The molecule has 4 rings (SSSR count). The third kappa shape index (κ3) is 3.14. The first-order chi connectivity index (χ1) is 12.7. The molecule has 26 heavy (non-hydrogen) atoms. The fourth-order valence-electron chi connectivity index (χ4n) is 4.51. The second kappa shape index (κ2) is 7.19. The summed E-state index contributed by atoms with van der Waals surface area (Å²) in [6.45, 7) is 3.47. The molecule has 3 atom stereocenters. The lowest BCUT2D eigenvalue weighted by Crippen LogP contribution is -2.38. The van der Waals surface area contributed by atoms with Crippen LogP contribution in [0, 0.1) is 5.92 Å². The number of aryl methyl sites for hydroxylation is 1. The molecule has 2 unspecified atom stereocenters. The largest absolute Gasteiger partial charge is 0.339 e. The topological polar surface area (TPSA) is 62.5 Å². The number of benzene rings is 1. The van der Waals surface area contributed by atoms with E-state index in [1.807, 2.05) is 20.0 Å². The van der Waals surface area contributed by atoms with Gasteiger partial charge in [0.05, 0.1) is 12.5 Å². The lowest BCUT2D eigenvalue weighted by Gasteiger charge is -2.25. The molecule has 0 aliphatic carbocycles. The molecule has 2 aliphatic heterocycles. The minimum atomic E-state index is 0.0465. The van der Waals surface area contributed by atoms with E-state index in [9.17, 15) is 4.79 Å². The highest BCUT2D eigenvalue weighted by Crippen LogP contribution is 2.45. The SMILES string of the molecule is CCc1nc(CN(C)C(=O)C2CC(c3ccccc3)N3CCC[C@@H]23)no1. The third-order valence-corrected chi connectivity index (χ3v) is 5.75. The van der Waals surface area contributed by atoms with Crippen LogP contribution in [-0.4, -0.2) is 45.5 Å². The first-order valence-electron chi connectivity index (χ1n) is 9.54. The first kappa shape index (κ1) is 17.2. The van der Waals surface area contributed by atoms with Gasteiger partial charge < -0.3 is 9.42 Å². The molecule has 1 amide bonds. The van der Waals surface area contributed by atoms with Crippen molar-refractivity contribution in [2.24, 2.45) is 5.92 Å². The van der Waals surface area contributed by atoms with Crippen LogP contribution in [0.1, 0.15) is 49.5 Å². The van der Waals surface area contributed by atoms with E-state index in [1.54, 1.807) is 4.90 Å². The van der Waals surface area contributed by atoms with Crippen LogP contribution >= 0.6 is 0 Å². The Morgan fingerprint density at radius 3 is 2.88 bits per heavy atom. The van der Waals surface area contributed by atoms with E-state index >= 15 is 0 Å². The number of carbonyl (C=O) groups is 1. The molecule has 6 nitrogen and oxygen atoms in total. The Bertz CT molecular complexity index is 760. The van der Waals surface area contributed by atoms with Gasteiger partial charge in [-0.2, -0.15) is 4.98 Å². The summed E-state index contributed by atoms with van der Waals surface area (Å²) in [5.41, 5.74) is 1.32. The maximum Gasteiger partial charge on any atom is 0.227 e. The molecule has 2 saturated heterocycles. The van der Waals surface area contributed by atoms with Gasteiger partial charge in [-0.15, -0.1) is 0 Å². The van der Waals surface area contributed by atoms with Crippen molar-refractivity contribution in [3.8, 4) is 0 Å². The van der Waals surface area contributed by atoms with Crippen molar-refractivity contribution in [1.82, 2.24) is 19.9 Å². The molecule has 1 aromatic carbocycles. The zero-order chi connectivity index (χ0) is 18.1. The van der Waals surface area contributed by atoms with E-state index in [4.69, 9.17) is 4.52 Å². The van der Waals surface area contributed by atoms with Crippen molar-refractivity contribution in [2.75, 3.05) is 13.6 Å². The summed E-state index contributed by atoms with van der Waals surface area (Å²) in [5, 5.41) is 3.97. The number of rotatable bonds is 5. The van der Waals surface area contributed by atoms with Crippen LogP contribution in [0.25, 0.3) is 0 Å². The van der Waals surface area contributed by atoms with Gasteiger partial charge in [0, 0.05) is 25.6 Å². The van der Waals surface area contributed by atoms with Crippen molar-refractivity contribution in [1.29, 1.82) is 0 Å². The molecule has 2 aromatic rings. The second-order valence-corrected chi connectivity index (χ2v) is 7.37. The maximum atomic E-state index is 13.2. The Hall–Kier alpha value is -2.21. The van der Waals surface area contributed by atoms with Gasteiger partial charge in [0.1, 0.15) is 0 Å². The van der Waals surface area contributed by atoms with Crippen LogP contribution in [0.15, 0.2) is 34.9 Å².